The number of carbonyl (C=O) groups excluding carboxylic acids is 2. The standard InChI is InChI=1S/C19H24N4O4/c1-11-4-15(2-3-16(11)23(26)27)17(24)21-22-18(25)20-19-8-12-5-13(9-19)7-14(6-12)10-19/h2-4,12-14H,5-10H2,1H3,(H,21,24)(H2,20,22,25). The van der Waals surface area contributed by atoms with Gasteiger partial charge in [0, 0.05) is 22.7 Å². The number of carbonyl (C=O) groups is 2. The van der Waals surface area contributed by atoms with Crippen LogP contribution in [0.4, 0.5) is 10.5 Å². The number of nitrogens with zero attached hydrogens (tertiary/aromatic N) is 1. The highest BCUT2D eigenvalue weighted by atomic mass is 16.6. The largest absolute Gasteiger partial charge is 0.333 e. The van der Waals surface area contributed by atoms with Crippen molar-refractivity contribution in [3.63, 3.8) is 0 Å². The van der Waals surface area contributed by atoms with Gasteiger partial charge in [-0.1, -0.05) is 0 Å². The van der Waals surface area contributed by atoms with Crippen LogP contribution >= 0.6 is 0 Å². The Morgan fingerprint density at radius 1 is 1.07 bits per heavy atom. The van der Waals surface area contributed by atoms with E-state index < -0.39 is 16.9 Å². The van der Waals surface area contributed by atoms with Crippen LogP contribution in [0.3, 0.4) is 0 Å². The number of hydrazine groups is 1. The first-order valence-electron chi connectivity index (χ1n) is 9.47. The Labute approximate surface area is 157 Å². The Balaban J connectivity index is 1.34. The highest BCUT2D eigenvalue weighted by Gasteiger charge is 2.51. The first-order valence-corrected chi connectivity index (χ1v) is 9.47. The van der Waals surface area contributed by atoms with Gasteiger partial charge >= 0.3 is 6.03 Å². The summed E-state index contributed by atoms with van der Waals surface area (Å²) in [5, 5.41) is 14.0. The maximum Gasteiger partial charge on any atom is 0.333 e. The molecule has 3 N–H and O–H groups in total. The van der Waals surface area contributed by atoms with Crippen LogP contribution in [0.25, 0.3) is 0 Å². The lowest BCUT2D eigenvalue weighted by Crippen LogP contribution is -2.62. The lowest BCUT2D eigenvalue weighted by Gasteiger charge is -2.56. The van der Waals surface area contributed by atoms with Crippen molar-refractivity contribution in [3.8, 4) is 0 Å². The molecule has 0 unspecified atom stereocenters. The van der Waals surface area contributed by atoms with Gasteiger partial charge in [-0.25, -0.2) is 10.2 Å². The molecule has 4 saturated carbocycles. The molecule has 0 saturated heterocycles. The zero-order valence-electron chi connectivity index (χ0n) is 15.3. The number of nitro groups is 1. The zero-order chi connectivity index (χ0) is 19.2. The lowest BCUT2D eigenvalue weighted by atomic mass is 9.53. The van der Waals surface area contributed by atoms with Crippen LogP contribution < -0.4 is 16.2 Å². The van der Waals surface area contributed by atoms with Crippen molar-refractivity contribution in [2.75, 3.05) is 0 Å². The fraction of sp³-hybridized carbons (Fsp3) is 0.579. The van der Waals surface area contributed by atoms with Gasteiger partial charge in [-0.2, -0.15) is 0 Å². The summed E-state index contributed by atoms with van der Waals surface area (Å²) in [4.78, 5) is 34.9. The van der Waals surface area contributed by atoms with E-state index in [4.69, 9.17) is 0 Å². The van der Waals surface area contributed by atoms with E-state index in [9.17, 15) is 19.7 Å². The van der Waals surface area contributed by atoms with E-state index in [0.29, 0.717) is 23.3 Å². The van der Waals surface area contributed by atoms with Gasteiger partial charge in [-0.3, -0.25) is 20.3 Å². The number of benzene rings is 1. The Morgan fingerprint density at radius 2 is 1.67 bits per heavy atom. The van der Waals surface area contributed by atoms with Crippen molar-refractivity contribution in [2.45, 2.75) is 51.0 Å². The van der Waals surface area contributed by atoms with E-state index in [-0.39, 0.29) is 16.8 Å². The van der Waals surface area contributed by atoms with Crippen molar-refractivity contribution >= 4 is 17.6 Å². The minimum absolute atomic E-state index is 0.0425. The first-order chi connectivity index (χ1) is 12.8. The fourth-order valence-electron chi connectivity index (χ4n) is 5.72. The van der Waals surface area contributed by atoms with Crippen LogP contribution in [0.5, 0.6) is 0 Å². The lowest BCUT2D eigenvalue weighted by molar-refractivity contribution is -0.385. The topological polar surface area (TPSA) is 113 Å². The average Bonchev–Trinajstić information content (AvgIpc) is 2.57. The number of amides is 3. The second-order valence-electron chi connectivity index (χ2n) is 8.49. The molecular formula is C19H24N4O4. The van der Waals surface area contributed by atoms with Crippen LogP contribution in [-0.4, -0.2) is 22.4 Å². The van der Waals surface area contributed by atoms with Gasteiger partial charge in [-0.15, -0.1) is 0 Å². The Hall–Kier alpha value is -2.64. The molecule has 4 fully saturated rings. The van der Waals surface area contributed by atoms with Crippen molar-refractivity contribution in [3.05, 3.63) is 39.4 Å². The van der Waals surface area contributed by atoms with Gasteiger partial charge < -0.3 is 5.32 Å². The molecule has 27 heavy (non-hydrogen) atoms. The maximum absolute atomic E-state index is 12.3. The third kappa shape index (κ3) is 3.48. The SMILES string of the molecule is Cc1cc(C(=O)NNC(=O)NC23CC4CC(CC(C4)C2)C3)ccc1[N+](=O)[O-]. The van der Waals surface area contributed by atoms with Gasteiger partial charge in [0.2, 0.25) is 0 Å². The maximum atomic E-state index is 12.3. The van der Waals surface area contributed by atoms with E-state index in [1.165, 1.54) is 37.5 Å². The molecule has 0 aliphatic heterocycles. The van der Waals surface area contributed by atoms with Crippen LogP contribution in [0.15, 0.2) is 18.2 Å². The normalized spacial score (nSPS) is 30.6. The van der Waals surface area contributed by atoms with E-state index in [2.05, 4.69) is 16.2 Å². The van der Waals surface area contributed by atoms with Crippen LogP contribution in [0.1, 0.15) is 54.4 Å². The Bertz CT molecular complexity index is 772. The molecule has 8 nitrogen and oxygen atoms in total. The van der Waals surface area contributed by atoms with Crippen LogP contribution in [0, 0.1) is 34.8 Å². The molecule has 4 aliphatic carbocycles. The molecule has 144 valence electrons. The fourth-order valence-corrected chi connectivity index (χ4v) is 5.72. The molecule has 0 aromatic heterocycles. The van der Waals surface area contributed by atoms with E-state index in [1.54, 1.807) is 6.92 Å². The van der Waals surface area contributed by atoms with Gasteiger partial charge in [-0.05, 0) is 75.3 Å². The molecule has 3 amide bonds. The van der Waals surface area contributed by atoms with Crippen molar-refractivity contribution in [2.24, 2.45) is 17.8 Å². The number of rotatable bonds is 3. The summed E-state index contributed by atoms with van der Waals surface area (Å²) in [6.07, 6.45) is 6.96. The summed E-state index contributed by atoms with van der Waals surface area (Å²) < 4.78 is 0. The second-order valence-corrected chi connectivity index (χ2v) is 8.49. The second kappa shape index (κ2) is 6.51. The average molecular weight is 372 g/mol. The predicted molar refractivity (Wildman–Crippen MR) is 97.9 cm³/mol. The number of urea groups is 1. The quantitative estimate of drug-likeness (QED) is 0.559. The summed E-state index contributed by atoms with van der Waals surface area (Å²) >= 11 is 0. The monoisotopic (exact) mass is 372 g/mol. The van der Waals surface area contributed by atoms with Crippen LogP contribution in [-0.2, 0) is 0 Å². The summed E-state index contributed by atoms with van der Waals surface area (Å²) in [6.45, 7) is 1.57. The molecule has 0 atom stereocenters. The first kappa shape index (κ1) is 17.8. The van der Waals surface area contributed by atoms with Crippen molar-refractivity contribution in [1.82, 2.24) is 16.2 Å². The molecule has 0 heterocycles. The molecule has 0 spiro atoms. The Kier molecular flexibility index (Phi) is 4.28. The van der Waals surface area contributed by atoms with Crippen molar-refractivity contribution in [1.29, 1.82) is 0 Å². The van der Waals surface area contributed by atoms with Gasteiger partial charge in [0.25, 0.3) is 11.6 Å². The summed E-state index contributed by atoms with van der Waals surface area (Å²) in [5.41, 5.74) is 5.29. The molecule has 1 aromatic carbocycles. The highest BCUT2D eigenvalue weighted by molar-refractivity contribution is 5.95. The Morgan fingerprint density at radius 3 is 2.19 bits per heavy atom. The van der Waals surface area contributed by atoms with Crippen molar-refractivity contribution < 1.29 is 14.5 Å². The number of nitrogens with one attached hydrogen (secondary N) is 3. The highest BCUT2D eigenvalue weighted by Crippen LogP contribution is 2.55. The molecule has 8 heteroatoms. The van der Waals surface area contributed by atoms with Crippen LogP contribution in [0.2, 0.25) is 0 Å². The summed E-state index contributed by atoms with van der Waals surface area (Å²) in [7, 11) is 0. The van der Waals surface area contributed by atoms with Gasteiger partial charge in [0.15, 0.2) is 0 Å². The molecule has 1 aromatic rings. The number of hydrogen-bond acceptors (Lipinski definition) is 4. The minimum atomic E-state index is -0.506. The third-order valence-electron chi connectivity index (χ3n) is 6.36. The van der Waals surface area contributed by atoms with Gasteiger partial charge in [0.1, 0.15) is 0 Å². The molecule has 5 rings (SSSR count). The number of nitro benzene ring substituents is 1. The van der Waals surface area contributed by atoms with Gasteiger partial charge in [0.05, 0.1) is 4.92 Å². The zero-order valence-corrected chi connectivity index (χ0v) is 15.3. The van der Waals surface area contributed by atoms with E-state index in [1.807, 2.05) is 0 Å². The third-order valence-corrected chi connectivity index (χ3v) is 6.36. The molecule has 4 bridgehead atoms. The van der Waals surface area contributed by atoms with E-state index in [0.717, 1.165) is 19.3 Å². The summed E-state index contributed by atoms with van der Waals surface area (Å²) in [5.74, 6) is 1.64. The van der Waals surface area contributed by atoms with E-state index >= 15 is 0 Å². The summed E-state index contributed by atoms with van der Waals surface area (Å²) in [6, 6.07) is 3.70. The smallest absolute Gasteiger partial charge is 0.331 e. The molecule has 0 radical (unpaired) electrons. The predicted octanol–water partition coefficient (Wildman–Crippen LogP) is 2.82. The number of aryl methyl sites for hydroxylation is 1. The number of hydrogen-bond donors (Lipinski definition) is 3. The molecule has 4 aliphatic rings. The minimum Gasteiger partial charge on any atom is -0.331 e. The molecular weight excluding hydrogens is 348 g/mol.